The van der Waals surface area contributed by atoms with E-state index in [9.17, 15) is 9.18 Å². The van der Waals surface area contributed by atoms with Crippen molar-refractivity contribution in [2.24, 2.45) is 11.8 Å². The van der Waals surface area contributed by atoms with Crippen molar-refractivity contribution in [2.45, 2.75) is 46.1 Å². The summed E-state index contributed by atoms with van der Waals surface area (Å²) < 4.78 is 13.2. The van der Waals surface area contributed by atoms with Crippen LogP contribution in [-0.2, 0) is 0 Å². The maximum atomic E-state index is 13.2. The van der Waals surface area contributed by atoms with Gasteiger partial charge in [0.15, 0.2) is 0 Å². The molecule has 19 heavy (non-hydrogen) atoms. The molecule has 2 atom stereocenters. The van der Waals surface area contributed by atoms with Gasteiger partial charge in [0.1, 0.15) is 5.82 Å². The second kappa shape index (κ2) is 5.72. The smallest absolute Gasteiger partial charge is 0.251 e. The molecule has 1 saturated carbocycles. The summed E-state index contributed by atoms with van der Waals surface area (Å²) in [7, 11) is 0. The Morgan fingerprint density at radius 2 is 1.84 bits per heavy atom. The molecule has 1 fully saturated rings. The van der Waals surface area contributed by atoms with Crippen LogP contribution in [0, 0.1) is 24.6 Å². The predicted octanol–water partition coefficient (Wildman–Crippen LogP) is 3.69. The minimum absolute atomic E-state index is 0.0885. The minimum atomic E-state index is -0.267. The number of halogens is 1. The number of hydrogen-bond acceptors (Lipinski definition) is 1. The quantitative estimate of drug-likeness (QED) is 0.866. The molecule has 2 unspecified atom stereocenters. The summed E-state index contributed by atoms with van der Waals surface area (Å²) in [5, 5.41) is 3.08. The number of carbonyl (C=O) groups excluding carboxylic acids is 1. The molecule has 0 bridgehead atoms. The van der Waals surface area contributed by atoms with Crippen LogP contribution >= 0.6 is 0 Å². The Balaban J connectivity index is 2.02. The highest BCUT2D eigenvalue weighted by atomic mass is 19.1. The van der Waals surface area contributed by atoms with Crippen LogP contribution in [0.4, 0.5) is 4.39 Å². The first-order chi connectivity index (χ1) is 8.95. The first-order valence-electron chi connectivity index (χ1n) is 7.02. The molecule has 3 heteroatoms. The largest absolute Gasteiger partial charge is 0.349 e. The average Bonchev–Trinajstić information content (AvgIpc) is 2.31. The lowest BCUT2D eigenvalue weighted by atomic mass is 9.80. The summed E-state index contributed by atoms with van der Waals surface area (Å²) in [5.74, 6) is 0.957. The lowest BCUT2D eigenvalue weighted by Crippen LogP contribution is -2.40. The van der Waals surface area contributed by atoms with Crippen LogP contribution in [0.1, 0.15) is 49.0 Å². The lowest BCUT2D eigenvalue weighted by molar-refractivity contribution is 0.0911. The molecule has 0 aliphatic heterocycles. The molecular weight excluding hydrogens is 241 g/mol. The molecule has 0 spiro atoms. The summed E-state index contributed by atoms with van der Waals surface area (Å²) in [6.45, 7) is 6.14. The summed E-state index contributed by atoms with van der Waals surface area (Å²) >= 11 is 0. The fourth-order valence-electron chi connectivity index (χ4n) is 3.12. The van der Waals surface area contributed by atoms with Crippen LogP contribution in [0.15, 0.2) is 18.2 Å². The van der Waals surface area contributed by atoms with Gasteiger partial charge in [0.2, 0.25) is 0 Å². The maximum Gasteiger partial charge on any atom is 0.251 e. The number of amides is 1. The second-order valence-corrected chi connectivity index (χ2v) is 6.05. The number of carbonyl (C=O) groups is 1. The molecule has 1 N–H and O–H groups in total. The standard InChI is InChI=1S/C16H22FNO/c1-10-6-11(2)8-14(7-10)18-16(19)13-4-5-15(17)12(3)9-13/h4-5,9-11,14H,6-8H2,1-3H3,(H,18,19). The van der Waals surface area contributed by atoms with Crippen LogP contribution in [0.2, 0.25) is 0 Å². The zero-order valence-electron chi connectivity index (χ0n) is 11.9. The van der Waals surface area contributed by atoms with E-state index < -0.39 is 0 Å². The molecule has 1 aromatic rings. The number of aryl methyl sites for hydroxylation is 1. The molecule has 1 aliphatic rings. The van der Waals surface area contributed by atoms with E-state index in [0.29, 0.717) is 23.0 Å². The second-order valence-electron chi connectivity index (χ2n) is 6.05. The van der Waals surface area contributed by atoms with Crippen molar-refractivity contribution >= 4 is 5.91 Å². The van der Waals surface area contributed by atoms with E-state index in [0.717, 1.165) is 12.8 Å². The summed E-state index contributed by atoms with van der Waals surface area (Å²) in [4.78, 5) is 12.2. The fourth-order valence-corrected chi connectivity index (χ4v) is 3.12. The Morgan fingerprint density at radius 3 is 2.42 bits per heavy atom. The van der Waals surface area contributed by atoms with Crippen molar-refractivity contribution in [3.05, 3.63) is 35.1 Å². The minimum Gasteiger partial charge on any atom is -0.349 e. The van der Waals surface area contributed by atoms with Gasteiger partial charge in [-0.25, -0.2) is 4.39 Å². The van der Waals surface area contributed by atoms with Crippen molar-refractivity contribution < 1.29 is 9.18 Å². The highest BCUT2D eigenvalue weighted by Crippen LogP contribution is 2.28. The number of hydrogen-bond donors (Lipinski definition) is 1. The Kier molecular flexibility index (Phi) is 4.23. The Morgan fingerprint density at radius 1 is 1.21 bits per heavy atom. The summed E-state index contributed by atoms with van der Waals surface area (Å²) in [6.07, 6.45) is 3.31. The third kappa shape index (κ3) is 3.55. The molecule has 0 heterocycles. The first kappa shape index (κ1) is 14.0. The number of rotatable bonds is 2. The van der Waals surface area contributed by atoms with Crippen molar-refractivity contribution in [1.29, 1.82) is 0 Å². The zero-order chi connectivity index (χ0) is 14.0. The molecule has 0 saturated heterocycles. The highest BCUT2D eigenvalue weighted by Gasteiger charge is 2.25. The third-order valence-corrected chi connectivity index (χ3v) is 3.93. The van der Waals surface area contributed by atoms with Gasteiger partial charge >= 0.3 is 0 Å². The monoisotopic (exact) mass is 263 g/mol. The van der Waals surface area contributed by atoms with E-state index in [1.807, 2.05) is 0 Å². The Hall–Kier alpha value is -1.38. The highest BCUT2D eigenvalue weighted by molar-refractivity contribution is 5.94. The van der Waals surface area contributed by atoms with E-state index in [1.54, 1.807) is 19.1 Å². The Bertz CT molecular complexity index is 462. The lowest BCUT2D eigenvalue weighted by Gasteiger charge is -2.32. The van der Waals surface area contributed by atoms with E-state index in [2.05, 4.69) is 19.2 Å². The van der Waals surface area contributed by atoms with Crippen LogP contribution in [0.25, 0.3) is 0 Å². The molecule has 2 rings (SSSR count). The first-order valence-corrected chi connectivity index (χ1v) is 7.02. The van der Waals surface area contributed by atoms with E-state index in [-0.39, 0.29) is 17.8 Å². The van der Waals surface area contributed by atoms with Crippen LogP contribution in [-0.4, -0.2) is 11.9 Å². The van der Waals surface area contributed by atoms with Gasteiger partial charge in [0.25, 0.3) is 5.91 Å². The van der Waals surface area contributed by atoms with Gasteiger partial charge in [-0.15, -0.1) is 0 Å². The third-order valence-electron chi connectivity index (χ3n) is 3.93. The van der Waals surface area contributed by atoms with Crippen LogP contribution in [0.3, 0.4) is 0 Å². The van der Waals surface area contributed by atoms with Gasteiger partial charge in [-0.2, -0.15) is 0 Å². The number of nitrogens with one attached hydrogen (secondary N) is 1. The van der Waals surface area contributed by atoms with Gasteiger partial charge in [-0.05, 0) is 61.8 Å². The van der Waals surface area contributed by atoms with Gasteiger partial charge in [-0.3, -0.25) is 4.79 Å². The van der Waals surface area contributed by atoms with Gasteiger partial charge in [0, 0.05) is 11.6 Å². The number of benzene rings is 1. The van der Waals surface area contributed by atoms with Crippen molar-refractivity contribution in [2.75, 3.05) is 0 Å². The van der Waals surface area contributed by atoms with Crippen molar-refractivity contribution in [3.63, 3.8) is 0 Å². The normalized spacial score (nSPS) is 27.1. The summed E-state index contributed by atoms with van der Waals surface area (Å²) in [5.41, 5.74) is 1.06. The molecule has 0 aromatic heterocycles. The van der Waals surface area contributed by atoms with Crippen molar-refractivity contribution in [3.8, 4) is 0 Å². The molecule has 2 nitrogen and oxygen atoms in total. The molecule has 1 aromatic carbocycles. The van der Waals surface area contributed by atoms with E-state index in [4.69, 9.17) is 0 Å². The zero-order valence-corrected chi connectivity index (χ0v) is 11.9. The molecule has 104 valence electrons. The fraction of sp³-hybridized carbons (Fsp3) is 0.562. The molecule has 0 radical (unpaired) electrons. The molecule has 1 aliphatic carbocycles. The summed E-state index contributed by atoms with van der Waals surface area (Å²) in [6, 6.07) is 4.76. The average molecular weight is 263 g/mol. The van der Waals surface area contributed by atoms with Crippen LogP contribution < -0.4 is 5.32 Å². The van der Waals surface area contributed by atoms with Gasteiger partial charge in [0.05, 0.1) is 0 Å². The molecular formula is C16H22FNO. The predicted molar refractivity (Wildman–Crippen MR) is 74.6 cm³/mol. The van der Waals surface area contributed by atoms with Crippen LogP contribution in [0.5, 0.6) is 0 Å². The van der Waals surface area contributed by atoms with E-state index in [1.165, 1.54) is 12.5 Å². The topological polar surface area (TPSA) is 29.1 Å². The van der Waals surface area contributed by atoms with Crippen molar-refractivity contribution in [1.82, 2.24) is 5.32 Å². The van der Waals surface area contributed by atoms with Gasteiger partial charge in [-0.1, -0.05) is 13.8 Å². The maximum absolute atomic E-state index is 13.2. The van der Waals surface area contributed by atoms with E-state index >= 15 is 0 Å². The SMILES string of the molecule is Cc1cc(C(=O)NC2CC(C)CC(C)C2)ccc1F. The Labute approximate surface area is 114 Å². The van der Waals surface area contributed by atoms with Gasteiger partial charge < -0.3 is 5.32 Å². The molecule has 1 amide bonds.